The summed E-state index contributed by atoms with van der Waals surface area (Å²) >= 11 is 1.33. The number of carboxylic acid groups (broad SMARTS) is 1. The van der Waals surface area contributed by atoms with Gasteiger partial charge in [0.25, 0.3) is 10.0 Å². The summed E-state index contributed by atoms with van der Waals surface area (Å²) in [6.07, 6.45) is -0.230. The highest BCUT2D eigenvalue weighted by molar-refractivity contribution is 7.92. The number of carbonyl (C=O) groups is 1. The molecule has 0 spiro atoms. The monoisotopic (exact) mass is 502 g/mol. The molecule has 0 radical (unpaired) electrons. The Morgan fingerprint density at radius 1 is 1.29 bits per heavy atom. The Morgan fingerprint density at radius 3 is 2.65 bits per heavy atom. The highest BCUT2D eigenvalue weighted by Crippen LogP contribution is 2.29. The minimum absolute atomic E-state index is 0.0150. The lowest BCUT2D eigenvalue weighted by molar-refractivity contribution is 0.155. The van der Waals surface area contributed by atoms with Crippen molar-refractivity contribution in [2.24, 2.45) is 0 Å². The number of hydrogen-bond acceptors (Lipinski definition) is 7. The van der Waals surface area contributed by atoms with E-state index in [1.807, 2.05) is 19.1 Å². The van der Waals surface area contributed by atoms with Crippen molar-refractivity contribution in [3.63, 3.8) is 0 Å². The lowest BCUT2D eigenvalue weighted by atomic mass is 10.1. The summed E-state index contributed by atoms with van der Waals surface area (Å²) in [4.78, 5) is 16.9. The summed E-state index contributed by atoms with van der Waals surface area (Å²) in [5, 5.41) is 14.2. The van der Waals surface area contributed by atoms with E-state index in [1.165, 1.54) is 20.5 Å². The molecule has 1 amide bonds. The minimum atomic E-state index is -3.89. The predicted molar refractivity (Wildman–Crippen MR) is 131 cm³/mol. The van der Waals surface area contributed by atoms with Crippen LogP contribution in [0.15, 0.2) is 58.3 Å². The molecule has 9 nitrogen and oxygen atoms in total. The van der Waals surface area contributed by atoms with Crippen LogP contribution in [0, 0.1) is 6.92 Å². The van der Waals surface area contributed by atoms with Crippen LogP contribution in [0.1, 0.15) is 17.5 Å². The maximum Gasteiger partial charge on any atom is 0.407 e. The lowest BCUT2D eigenvalue weighted by Gasteiger charge is -2.23. The molecular weight excluding hydrogens is 476 g/mol. The van der Waals surface area contributed by atoms with Gasteiger partial charge in [0.2, 0.25) is 0 Å². The molecule has 34 heavy (non-hydrogen) atoms. The average Bonchev–Trinajstić information content (AvgIpc) is 3.51. The van der Waals surface area contributed by atoms with Crippen LogP contribution in [0.4, 0.5) is 16.3 Å². The van der Waals surface area contributed by atoms with Crippen LogP contribution < -0.4 is 14.4 Å². The Labute approximate surface area is 202 Å². The van der Waals surface area contributed by atoms with Crippen molar-refractivity contribution in [1.29, 1.82) is 0 Å². The summed E-state index contributed by atoms with van der Waals surface area (Å²) in [6.45, 7) is 2.84. The third kappa shape index (κ3) is 5.10. The van der Waals surface area contributed by atoms with Gasteiger partial charge in [-0.2, -0.15) is 0 Å². The van der Waals surface area contributed by atoms with Crippen molar-refractivity contribution in [2.75, 3.05) is 29.8 Å². The van der Waals surface area contributed by atoms with Gasteiger partial charge in [0.15, 0.2) is 5.82 Å². The molecule has 3 aromatic rings. The van der Waals surface area contributed by atoms with Gasteiger partial charge in [0.1, 0.15) is 5.75 Å². The first-order chi connectivity index (χ1) is 16.3. The smallest absolute Gasteiger partial charge is 0.407 e. The van der Waals surface area contributed by atoms with Gasteiger partial charge in [-0.1, -0.05) is 12.1 Å². The summed E-state index contributed by atoms with van der Waals surface area (Å²) in [5.41, 5.74) is 3.95. The zero-order valence-electron chi connectivity index (χ0n) is 18.8. The van der Waals surface area contributed by atoms with Gasteiger partial charge in [-0.25, -0.2) is 22.5 Å². The van der Waals surface area contributed by atoms with Gasteiger partial charge in [-0.05, 0) is 54.8 Å². The van der Waals surface area contributed by atoms with E-state index in [0.717, 1.165) is 16.8 Å². The fourth-order valence-corrected chi connectivity index (χ4v) is 5.96. The van der Waals surface area contributed by atoms with Crippen LogP contribution in [-0.2, 0) is 16.6 Å². The number of sulfonamides is 1. The summed E-state index contributed by atoms with van der Waals surface area (Å²) in [7, 11) is -2.31. The van der Waals surface area contributed by atoms with E-state index in [1.54, 1.807) is 48.3 Å². The SMILES string of the molecule is COc1ccc(CN(c2cscn2)S(=O)(=O)c2ccc(NC3CCN(C(=O)O)C3)c(C)c2)cc1. The van der Waals surface area contributed by atoms with Crippen LogP contribution in [0.3, 0.4) is 0 Å². The second-order valence-electron chi connectivity index (χ2n) is 8.04. The molecule has 1 saturated heterocycles. The van der Waals surface area contributed by atoms with E-state index in [-0.39, 0.29) is 17.5 Å². The van der Waals surface area contributed by atoms with Crippen molar-refractivity contribution in [2.45, 2.75) is 30.8 Å². The van der Waals surface area contributed by atoms with Gasteiger partial charge in [0.05, 0.1) is 24.1 Å². The molecular formula is C23H26N4O5S2. The molecule has 1 aliphatic heterocycles. The zero-order valence-corrected chi connectivity index (χ0v) is 20.5. The third-order valence-corrected chi connectivity index (χ3v) is 8.08. The minimum Gasteiger partial charge on any atom is -0.497 e. The Kier molecular flexibility index (Phi) is 6.94. The van der Waals surface area contributed by atoms with Gasteiger partial charge in [-0.15, -0.1) is 11.3 Å². The molecule has 1 aliphatic rings. The standard InChI is InChI=1S/C23H26N4O5S2/c1-16-11-20(7-8-21(16)25-18-9-10-26(13-18)23(28)29)34(30,31)27(22-14-33-15-24-22)12-17-3-5-19(32-2)6-4-17/h3-8,11,14-15,18,25H,9-10,12-13H2,1-2H3,(H,28,29). The molecule has 180 valence electrons. The van der Waals surface area contributed by atoms with E-state index in [4.69, 9.17) is 9.84 Å². The van der Waals surface area contributed by atoms with Crippen LogP contribution in [0.25, 0.3) is 0 Å². The van der Waals surface area contributed by atoms with Gasteiger partial charge < -0.3 is 20.1 Å². The second kappa shape index (κ2) is 9.90. The van der Waals surface area contributed by atoms with Crippen LogP contribution in [0.2, 0.25) is 0 Å². The zero-order chi connectivity index (χ0) is 24.3. The third-order valence-electron chi connectivity index (χ3n) is 5.76. The number of rotatable bonds is 8. The number of amides is 1. The first-order valence-electron chi connectivity index (χ1n) is 10.7. The Hall–Kier alpha value is -3.31. The van der Waals surface area contributed by atoms with Crippen LogP contribution >= 0.6 is 11.3 Å². The Bertz CT molecular complexity index is 1250. The first-order valence-corrected chi connectivity index (χ1v) is 13.0. The number of nitrogens with zero attached hydrogens (tertiary/aromatic N) is 3. The Morgan fingerprint density at radius 2 is 2.06 bits per heavy atom. The maximum atomic E-state index is 13.7. The molecule has 1 unspecified atom stereocenters. The fourth-order valence-electron chi connectivity index (χ4n) is 3.87. The van der Waals surface area contributed by atoms with E-state index < -0.39 is 16.1 Å². The number of ether oxygens (including phenoxy) is 1. The molecule has 11 heteroatoms. The molecule has 2 heterocycles. The molecule has 0 saturated carbocycles. The van der Waals surface area contributed by atoms with Crippen molar-refractivity contribution in [1.82, 2.24) is 9.88 Å². The number of anilines is 2. The number of thiazole rings is 1. The van der Waals surface area contributed by atoms with Gasteiger partial charge >= 0.3 is 6.09 Å². The van der Waals surface area contributed by atoms with Crippen molar-refractivity contribution in [3.05, 3.63) is 64.5 Å². The van der Waals surface area contributed by atoms with Crippen molar-refractivity contribution in [3.8, 4) is 5.75 Å². The number of nitrogens with one attached hydrogen (secondary N) is 1. The molecule has 1 fully saturated rings. The summed E-state index contributed by atoms with van der Waals surface area (Å²) in [5.74, 6) is 1.06. The van der Waals surface area contributed by atoms with E-state index >= 15 is 0 Å². The lowest BCUT2D eigenvalue weighted by Crippen LogP contribution is -2.31. The van der Waals surface area contributed by atoms with Gasteiger partial charge in [0, 0.05) is 30.2 Å². The van der Waals surface area contributed by atoms with Crippen molar-refractivity contribution < 1.29 is 23.1 Å². The number of likely N-dealkylation sites (tertiary alicyclic amines) is 1. The van der Waals surface area contributed by atoms with E-state index in [0.29, 0.717) is 31.1 Å². The number of aryl methyl sites for hydroxylation is 1. The quantitative estimate of drug-likeness (QED) is 0.478. The van der Waals surface area contributed by atoms with E-state index in [2.05, 4.69) is 10.3 Å². The molecule has 2 aromatic carbocycles. The number of aromatic nitrogens is 1. The molecule has 1 atom stereocenters. The normalized spacial score (nSPS) is 15.8. The summed E-state index contributed by atoms with van der Waals surface area (Å²) < 4.78 is 33.8. The summed E-state index contributed by atoms with van der Waals surface area (Å²) in [6, 6.07) is 12.2. The topological polar surface area (TPSA) is 112 Å². The molecule has 0 aliphatic carbocycles. The highest BCUT2D eigenvalue weighted by atomic mass is 32.2. The first kappa shape index (κ1) is 23.8. The van der Waals surface area contributed by atoms with Gasteiger partial charge in [-0.3, -0.25) is 0 Å². The second-order valence-corrected chi connectivity index (χ2v) is 10.6. The molecule has 2 N–H and O–H groups in total. The molecule has 1 aromatic heterocycles. The molecule has 4 rings (SSSR count). The number of methoxy groups -OCH3 is 1. The fraction of sp³-hybridized carbons (Fsp3) is 0.304. The highest BCUT2D eigenvalue weighted by Gasteiger charge is 2.29. The van der Waals surface area contributed by atoms with E-state index in [9.17, 15) is 13.2 Å². The number of hydrogen-bond donors (Lipinski definition) is 2. The largest absolute Gasteiger partial charge is 0.497 e. The van der Waals surface area contributed by atoms with Crippen LogP contribution in [0.5, 0.6) is 5.75 Å². The number of benzene rings is 2. The molecule has 0 bridgehead atoms. The Balaban J connectivity index is 1.57. The van der Waals surface area contributed by atoms with Crippen molar-refractivity contribution >= 4 is 39.0 Å². The maximum absolute atomic E-state index is 13.7. The van der Waals surface area contributed by atoms with Crippen LogP contribution in [-0.4, -0.2) is 55.7 Å². The average molecular weight is 503 g/mol. The predicted octanol–water partition coefficient (Wildman–Crippen LogP) is 4.02.